The van der Waals surface area contributed by atoms with Gasteiger partial charge in [-0.05, 0) is 0 Å². The van der Waals surface area contributed by atoms with E-state index in [2.05, 4.69) is 31.6 Å². The van der Waals surface area contributed by atoms with Gasteiger partial charge < -0.3 is 20.2 Å². The van der Waals surface area contributed by atoms with E-state index in [0.717, 1.165) is 6.20 Å². The fraction of sp³-hybridized carbons (Fsp3) is 0.111. The predicted molar refractivity (Wildman–Crippen MR) is 52.5 cm³/mol. The number of aromatic nitrogens is 6. The Morgan fingerprint density at radius 3 is 2.89 bits per heavy atom. The summed E-state index contributed by atoms with van der Waals surface area (Å²) < 4.78 is 14.5. The van der Waals surface area contributed by atoms with E-state index in [9.17, 15) is 4.39 Å². The summed E-state index contributed by atoms with van der Waals surface area (Å²) in [6.07, 6.45) is 4.96. The smallest absolute Gasteiger partial charge is 0.553 e. The maximum absolute atomic E-state index is 13.3. The van der Waals surface area contributed by atoms with Crippen LogP contribution in [0.4, 0.5) is 4.39 Å². The molecule has 0 fully saturated rings. The van der Waals surface area contributed by atoms with Crippen molar-refractivity contribution >= 4 is 11.0 Å². The molecule has 10 heteroatoms. The second-order valence-electron chi connectivity index (χ2n) is 3.26. The molecule has 3 aromatic heterocycles. The van der Waals surface area contributed by atoms with Crippen molar-refractivity contribution in [2.45, 2.75) is 6.61 Å². The maximum Gasteiger partial charge on any atom is 1.00 e. The number of hydrogen-bond donors (Lipinski definition) is 1. The molecule has 93 valence electrons. The van der Waals surface area contributed by atoms with Crippen LogP contribution in [0.2, 0.25) is 0 Å². The van der Waals surface area contributed by atoms with Gasteiger partial charge in [0.2, 0.25) is 0 Å². The zero-order valence-electron chi connectivity index (χ0n) is 9.75. The summed E-state index contributed by atoms with van der Waals surface area (Å²) in [6, 6.07) is 0. The molecule has 1 radical (unpaired) electrons. The first-order chi connectivity index (χ1) is 8.29. The van der Waals surface area contributed by atoms with Gasteiger partial charge in [-0.2, -0.15) is 5.10 Å². The molecule has 0 bridgehead atoms. The molecule has 3 aromatic rings. The van der Waals surface area contributed by atoms with E-state index in [1.54, 1.807) is 0 Å². The standard InChI is InChI=1S/C9H5FN6O.K.Re/c10-6-2-16(15-7(6)3-17)9-5-1-13-14-8(5)11-4-12-9;;/h1-2,17H,3H2;;/q-2;+1;. The molecule has 0 aliphatic heterocycles. The Morgan fingerprint density at radius 2 is 2.21 bits per heavy atom. The van der Waals surface area contributed by atoms with Crippen molar-refractivity contribution in [3.05, 3.63) is 30.2 Å². The molecule has 7 nitrogen and oxygen atoms in total. The van der Waals surface area contributed by atoms with Crippen molar-refractivity contribution in [1.82, 2.24) is 29.9 Å². The van der Waals surface area contributed by atoms with Crippen LogP contribution in [0, 0.1) is 12.1 Å². The van der Waals surface area contributed by atoms with Crippen molar-refractivity contribution < 1.29 is 81.3 Å². The quantitative estimate of drug-likeness (QED) is 0.319. The average molecular weight is 457 g/mol. The van der Waals surface area contributed by atoms with Crippen LogP contribution in [-0.2, 0) is 27.0 Å². The van der Waals surface area contributed by atoms with Crippen LogP contribution in [0.15, 0.2) is 12.4 Å². The number of fused-ring (bicyclic) bond motifs is 1. The van der Waals surface area contributed by atoms with Gasteiger partial charge in [-0.1, -0.05) is 5.39 Å². The zero-order chi connectivity index (χ0) is 11.8. The Kier molecular flexibility index (Phi) is 6.35. The first-order valence-electron chi connectivity index (χ1n) is 4.67. The van der Waals surface area contributed by atoms with Gasteiger partial charge in [-0.25, -0.2) is 4.39 Å². The Labute approximate surface area is 163 Å². The van der Waals surface area contributed by atoms with E-state index in [0.29, 0.717) is 16.9 Å². The van der Waals surface area contributed by atoms with Crippen molar-refractivity contribution in [2.75, 3.05) is 0 Å². The third-order valence-corrected chi connectivity index (χ3v) is 2.24. The summed E-state index contributed by atoms with van der Waals surface area (Å²) in [6.45, 7) is -0.478. The Bertz CT molecular complexity index is 686. The van der Waals surface area contributed by atoms with E-state index in [-0.39, 0.29) is 77.5 Å². The largest absolute Gasteiger partial charge is 1.00 e. The van der Waals surface area contributed by atoms with Crippen LogP contribution in [0.25, 0.3) is 16.9 Å². The summed E-state index contributed by atoms with van der Waals surface area (Å²) in [5.74, 6) is -0.287. The molecule has 0 saturated heterocycles. The number of aliphatic hydroxyl groups is 1. The zero-order valence-corrected chi connectivity index (χ0v) is 15.6. The monoisotopic (exact) mass is 458 g/mol. The average Bonchev–Trinajstić information content (AvgIpc) is 2.94. The number of aliphatic hydroxyl groups excluding tert-OH is 1. The van der Waals surface area contributed by atoms with E-state index in [4.69, 9.17) is 5.11 Å². The Balaban J connectivity index is 0.000000902. The Morgan fingerprint density at radius 1 is 1.42 bits per heavy atom. The maximum atomic E-state index is 13.3. The van der Waals surface area contributed by atoms with Crippen LogP contribution in [-0.4, -0.2) is 30.0 Å². The van der Waals surface area contributed by atoms with Gasteiger partial charge in [0.05, 0.1) is 12.8 Å². The SMILES string of the molecule is OCc1nn(-c2n[c-]nc3[n-]ncc23)cc1F.[K+].[Re]. The second-order valence-corrected chi connectivity index (χ2v) is 3.26. The van der Waals surface area contributed by atoms with E-state index >= 15 is 0 Å². The minimum atomic E-state index is -0.605. The summed E-state index contributed by atoms with van der Waals surface area (Å²) >= 11 is 0. The van der Waals surface area contributed by atoms with Crippen LogP contribution in [0.5, 0.6) is 0 Å². The van der Waals surface area contributed by atoms with Crippen LogP contribution in [0.3, 0.4) is 0 Å². The molecule has 3 rings (SSSR count). The van der Waals surface area contributed by atoms with Gasteiger partial charge in [0, 0.05) is 32.4 Å². The first-order valence-corrected chi connectivity index (χ1v) is 4.67. The van der Waals surface area contributed by atoms with Gasteiger partial charge in [-0.3, -0.25) is 9.78 Å². The predicted octanol–water partition coefficient (Wildman–Crippen LogP) is -3.40. The Hall–Kier alpha value is -0.0513. The van der Waals surface area contributed by atoms with Gasteiger partial charge in [0.25, 0.3) is 0 Å². The first kappa shape index (κ1) is 17.0. The van der Waals surface area contributed by atoms with Crippen molar-refractivity contribution in [3.8, 4) is 5.82 Å². The van der Waals surface area contributed by atoms with E-state index in [1.165, 1.54) is 10.9 Å². The molecular weight excluding hydrogens is 452 g/mol. The van der Waals surface area contributed by atoms with Gasteiger partial charge in [-0.15, -0.1) is 12.0 Å². The molecule has 0 spiro atoms. The third-order valence-electron chi connectivity index (χ3n) is 2.24. The number of rotatable bonds is 2. The molecule has 0 saturated carbocycles. The molecule has 0 aliphatic carbocycles. The van der Waals surface area contributed by atoms with E-state index < -0.39 is 12.4 Å². The topological polar surface area (TPSA) is 90.8 Å². The normalized spacial score (nSPS) is 10.0. The fourth-order valence-corrected chi connectivity index (χ4v) is 1.45. The number of nitrogens with zero attached hydrogens (tertiary/aromatic N) is 6. The summed E-state index contributed by atoms with van der Waals surface area (Å²) in [7, 11) is 0. The molecule has 3 heterocycles. The van der Waals surface area contributed by atoms with Crippen molar-refractivity contribution in [3.63, 3.8) is 0 Å². The molecule has 19 heavy (non-hydrogen) atoms. The molecule has 0 aromatic carbocycles. The minimum absolute atomic E-state index is 0. The number of hydrogen-bond acceptors (Lipinski definition) is 5. The third kappa shape index (κ3) is 3.17. The second kappa shape index (κ2) is 7.10. The van der Waals surface area contributed by atoms with Crippen molar-refractivity contribution in [2.24, 2.45) is 0 Å². The molecule has 0 amide bonds. The van der Waals surface area contributed by atoms with Crippen LogP contribution in [0.1, 0.15) is 5.69 Å². The van der Waals surface area contributed by atoms with Crippen LogP contribution < -0.4 is 56.5 Å². The fourth-order valence-electron chi connectivity index (χ4n) is 1.45. The number of halogens is 1. The molecule has 0 atom stereocenters. The van der Waals surface area contributed by atoms with Gasteiger partial charge >= 0.3 is 51.4 Å². The van der Waals surface area contributed by atoms with Gasteiger partial charge in [0.1, 0.15) is 5.69 Å². The molecular formula is C9H5FKN6ORe-. The van der Waals surface area contributed by atoms with E-state index in [1.807, 2.05) is 0 Å². The van der Waals surface area contributed by atoms with Crippen LogP contribution >= 0.6 is 0 Å². The summed E-state index contributed by atoms with van der Waals surface area (Å²) in [5, 5.41) is 20.7. The molecule has 0 unspecified atom stereocenters. The summed E-state index contributed by atoms with van der Waals surface area (Å²) in [4.78, 5) is 7.66. The van der Waals surface area contributed by atoms with Gasteiger partial charge in [0.15, 0.2) is 5.82 Å². The molecule has 0 aliphatic rings. The summed E-state index contributed by atoms with van der Waals surface area (Å²) in [5.41, 5.74) is 0.306. The van der Waals surface area contributed by atoms with Crippen molar-refractivity contribution in [1.29, 1.82) is 0 Å². The molecule has 1 N–H and O–H groups in total. The minimum Gasteiger partial charge on any atom is -0.553 e.